The quantitative estimate of drug-likeness (QED) is 0.786. The van der Waals surface area contributed by atoms with Crippen LogP contribution in [0.25, 0.3) is 10.9 Å². The Morgan fingerprint density at radius 3 is 2.71 bits per heavy atom. The zero-order valence-electron chi connectivity index (χ0n) is 13.7. The summed E-state index contributed by atoms with van der Waals surface area (Å²) in [7, 11) is 1.59. The van der Waals surface area contributed by atoms with Crippen molar-refractivity contribution in [3.8, 4) is 5.75 Å². The van der Waals surface area contributed by atoms with E-state index < -0.39 is 11.5 Å². The molecule has 1 aromatic heterocycles. The first-order valence-electron chi connectivity index (χ1n) is 8.23. The fraction of sp³-hybridized carbons (Fsp3) is 0.444. The van der Waals surface area contributed by atoms with Gasteiger partial charge in [-0.1, -0.05) is 25.3 Å². The maximum Gasteiger partial charge on any atom is 0.329 e. The van der Waals surface area contributed by atoms with Crippen molar-refractivity contribution in [1.82, 2.24) is 10.3 Å². The standard InChI is InChI=1S/C18H22N2O4/c1-24-14-7-5-6-13-16(14)12(11-19-13)10-15(21)20-18(17(22)23)8-3-2-4-9-18/h5-7,11,19H,2-4,8-10H2,1H3,(H,20,21)(H,22,23). The Bertz CT molecular complexity index is 759. The van der Waals surface area contributed by atoms with E-state index in [1.807, 2.05) is 18.2 Å². The van der Waals surface area contributed by atoms with Gasteiger partial charge in [-0.15, -0.1) is 0 Å². The highest BCUT2D eigenvalue weighted by atomic mass is 16.5. The lowest BCUT2D eigenvalue weighted by Crippen LogP contribution is -2.55. The number of hydrogen-bond acceptors (Lipinski definition) is 3. The SMILES string of the molecule is COc1cccc2[nH]cc(CC(=O)NC3(C(=O)O)CCCCC3)c12. The number of carboxylic acids is 1. The van der Waals surface area contributed by atoms with Crippen LogP contribution in [0, 0.1) is 0 Å². The molecule has 0 atom stereocenters. The Morgan fingerprint density at radius 2 is 2.04 bits per heavy atom. The molecule has 1 aliphatic rings. The number of carbonyl (C=O) groups is 2. The number of carbonyl (C=O) groups excluding carboxylic acids is 1. The van der Waals surface area contributed by atoms with Crippen molar-refractivity contribution in [3.05, 3.63) is 30.0 Å². The number of hydrogen-bond donors (Lipinski definition) is 3. The molecule has 1 saturated carbocycles. The number of nitrogens with one attached hydrogen (secondary N) is 2. The first-order valence-corrected chi connectivity index (χ1v) is 8.23. The third-order valence-corrected chi connectivity index (χ3v) is 4.82. The van der Waals surface area contributed by atoms with Gasteiger partial charge in [0.1, 0.15) is 11.3 Å². The number of aromatic amines is 1. The van der Waals surface area contributed by atoms with Crippen LogP contribution in [0.15, 0.2) is 24.4 Å². The van der Waals surface area contributed by atoms with Crippen molar-refractivity contribution in [3.63, 3.8) is 0 Å². The van der Waals surface area contributed by atoms with Crippen LogP contribution in [0.3, 0.4) is 0 Å². The van der Waals surface area contributed by atoms with Gasteiger partial charge in [0.05, 0.1) is 13.5 Å². The van der Waals surface area contributed by atoms with Crippen LogP contribution in [0.4, 0.5) is 0 Å². The summed E-state index contributed by atoms with van der Waals surface area (Å²) in [6.45, 7) is 0. The molecule has 1 aliphatic carbocycles. The number of benzene rings is 1. The van der Waals surface area contributed by atoms with Crippen LogP contribution in [0.5, 0.6) is 5.75 Å². The maximum atomic E-state index is 12.5. The third-order valence-electron chi connectivity index (χ3n) is 4.82. The zero-order chi connectivity index (χ0) is 17.2. The molecule has 128 valence electrons. The monoisotopic (exact) mass is 330 g/mol. The minimum absolute atomic E-state index is 0.120. The zero-order valence-corrected chi connectivity index (χ0v) is 13.7. The number of ether oxygens (including phenoxy) is 1. The molecule has 2 aromatic rings. The number of amides is 1. The van der Waals surface area contributed by atoms with Gasteiger partial charge in [-0.3, -0.25) is 4.79 Å². The van der Waals surface area contributed by atoms with Gasteiger partial charge in [-0.25, -0.2) is 4.79 Å². The molecular formula is C18H22N2O4. The average molecular weight is 330 g/mol. The highest BCUT2D eigenvalue weighted by Gasteiger charge is 2.40. The highest BCUT2D eigenvalue weighted by molar-refractivity contribution is 5.94. The van der Waals surface area contributed by atoms with E-state index in [4.69, 9.17) is 4.74 Å². The predicted octanol–water partition coefficient (Wildman–Crippen LogP) is 2.62. The van der Waals surface area contributed by atoms with Gasteiger partial charge >= 0.3 is 5.97 Å². The molecule has 1 fully saturated rings. The molecule has 6 nitrogen and oxygen atoms in total. The van der Waals surface area contributed by atoms with Gasteiger partial charge in [-0.2, -0.15) is 0 Å². The van der Waals surface area contributed by atoms with Crippen molar-refractivity contribution in [1.29, 1.82) is 0 Å². The van der Waals surface area contributed by atoms with Gasteiger partial charge in [-0.05, 0) is 30.5 Å². The molecule has 24 heavy (non-hydrogen) atoms. The van der Waals surface area contributed by atoms with Crippen molar-refractivity contribution >= 4 is 22.8 Å². The van der Waals surface area contributed by atoms with E-state index in [1.165, 1.54) is 0 Å². The Morgan fingerprint density at radius 1 is 1.29 bits per heavy atom. The topological polar surface area (TPSA) is 91.4 Å². The molecule has 0 bridgehead atoms. The number of aliphatic carboxylic acids is 1. The number of aromatic nitrogens is 1. The molecule has 0 radical (unpaired) electrons. The Hall–Kier alpha value is -2.50. The van der Waals surface area contributed by atoms with Crippen LogP contribution >= 0.6 is 0 Å². The van der Waals surface area contributed by atoms with Gasteiger partial charge in [0.15, 0.2) is 0 Å². The average Bonchev–Trinajstić information content (AvgIpc) is 2.98. The Kier molecular flexibility index (Phi) is 4.46. The lowest BCUT2D eigenvalue weighted by atomic mass is 9.81. The lowest BCUT2D eigenvalue weighted by molar-refractivity contribution is -0.149. The van der Waals surface area contributed by atoms with Crippen molar-refractivity contribution < 1.29 is 19.4 Å². The second-order valence-electron chi connectivity index (χ2n) is 6.37. The fourth-order valence-corrected chi connectivity index (χ4v) is 3.56. The molecule has 1 amide bonds. The summed E-state index contributed by atoms with van der Waals surface area (Å²) in [5.74, 6) is -0.514. The van der Waals surface area contributed by atoms with Gasteiger partial charge < -0.3 is 20.1 Å². The predicted molar refractivity (Wildman–Crippen MR) is 90.1 cm³/mol. The summed E-state index contributed by atoms with van der Waals surface area (Å²) in [5, 5.41) is 13.2. The van der Waals surface area contributed by atoms with Crippen LogP contribution < -0.4 is 10.1 Å². The van der Waals surface area contributed by atoms with Gasteiger partial charge in [0.25, 0.3) is 0 Å². The number of H-pyrrole nitrogens is 1. The molecule has 0 saturated heterocycles. The lowest BCUT2D eigenvalue weighted by Gasteiger charge is -2.34. The van der Waals surface area contributed by atoms with Crippen LogP contribution in [-0.2, 0) is 16.0 Å². The molecule has 3 N–H and O–H groups in total. The van der Waals surface area contributed by atoms with Crippen LogP contribution in [0.1, 0.15) is 37.7 Å². The van der Waals surface area contributed by atoms with E-state index in [0.29, 0.717) is 18.6 Å². The number of fused-ring (bicyclic) bond motifs is 1. The molecule has 3 rings (SSSR count). The summed E-state index contributed by atoms with van der Waals surface area (Å²) in [6.07, 6.45) is 5.55. The third kappa shape index (κ3) is 2.96. The number of rotatable bonds is 5. The van der Waals surface area contributed by atoms with Crippen molar-refractivity contribution in [2.24, 2.45) is 0 Å². The summed E-state index contributed by atoms with van der Waals surface area (Å²) < 4.78 is 5.37. The molecular weight excluding hydrogens is 308 g/mol. The maximum absolute atomic E-state index is 12.5. The minimum Gasteiger partial charge on any atom is -0.496 e. The van der Waals surface area contributed by atoms with E-state index in [2.05, 4.69) is 10.3 Å². The van der Waals surface area contributed by atoms with Crippen molar-refractivity contribution in [2.45, 2.75) is 44.1 Å². The van der Waals surface area contributed by atoms with E-state index >= 15 is 0 Å². The van der Waals surface area contributed by atoms with Gasteiger partial charge in [0.2, 0.25) is 5.91 Å². The second kappa shape index (κ2) is 6.55. The molecule has 0 aliphatic heterocycles. The fourth-order valence-electron chi connectivity index (χ4n) is 3.56. The first-order chi connectivity index (χ1) is 11.6. The van der Waals surface area contributed by atoms with E-state index in [1.54, 1.807) is 13.3 Å². The Balaban J connectivity index is 1.81. The highest BCUT2D eigenvalue weighted by Crippen LogP contribution is 2.30. The number of carboxylic acid groups (broad SMARTS) is 1. The van der Waals surface area contributed by atoms with Gasteiger partial charge in [0, 0.05) is 17.1 Å². The summed E-state index contributed by atoms with van der Waals surface area (Å²) >= 11 is 0. The summed E-state index contributed by atoms with van der Waals surface area (Å²) in [6, 6.07) is 5.64. The summed E-state index contributed by atoms with van der Waals surface area (Å²) in [5.41, 5.74) is 0.574. The normalized spacial score (nSPS) is 16.7. The largest absolute Gasteiger partial charge is 0.496 e. The Labute approximate surface area is 140 Å². The minimum atomic E-state index is -1.12. The molecule has 0 unspecified atom stereocenters. The molecule has 1 heterocycles. The second-order valence-corrected chi connectivity index (χ2v) is 6.37. The molecule has 0 spiro atoms. The summed E-state index contributed by atoms with van der Waals surface area (Å²) in [4.78, 5) is 27.3. The van der Waals surface area contributed by atoms with Crippen LogP contribution in [-0.4, -0.2) is 34.6 Å². The van der Waals surface area contributed by atoms with Crippen molar-refractivity contribution in [2.75, 3.05) is 7.11 Å². The number of methoxy groups -OCH3 is 1. The molecule has 6 heteroatoms. The first kappa shape index (κ1) is 16.4. The molecule has 1 aromatic carbocycles. The van der Waals surface area contributed by atoms with E-state index in [0.717, 1.165) is 35.7 Å². The van der Waals surface area contributed by atoms with E-state index in [-0.39, 0.29) is 12.3 Å². The van der Waals surface area contributed by atoms with Crippen LogP contribution in [0.2, 0.25) is 0 Å². The smallest absolute Gasteiger partial charge is 0.329 e. The van der Waals surface area contributed by atoms with E-state index in [9.17, 15) is 14.7 Å².